The van der Waals surface area contributed by atoms with E-state index in [2.05, 4.69) is 17.0 Å². The molecule has 2 fully saturated rings. The molecule has 2 atom stereocenters. The van der Waals surface area contributed by atoms with Crippen molar-refractivity contribution in [2.75, 3.05) is 26.3 Å². The number of thiophene rings is 1. The van der Waals surface area contributed by atoms with Gasteiger partial charge in [-0.3, -0.25) is 9.69 Å². The molecule has 2 aliphatic rings. The first-order valence-corrected chi connectivity index (χ1v) is 10.1. The number of nitrogens with zero attached hydrogens (tertiary/aromatic N) is 1. The molecule has 2 heterocycles. The summed E-state index contributed by atoms with van der Waals surface area (Å²) >= 11 is 1.82. The minimum atomic E-state index is -0.733. The Bertz CT molecular complexity index is 757. The molecule has 0 amide bonds. The Labute approximate surface area is 164 Å². The minimum Gasteiger partial charge on any atom is -0.481 e. The first-order valence-electron chi connectivity index (χ1n) is 9.28. The summed E-state index contributed by atoms with van der Waals surface area (Å²) in [5.41, 5.74) is 1.05. The predicted molar refractivity (Wildman–Crippen MR) is 108 cm³/mol. The molecular weight excluding hydrogens is 370 g/mol. The molecular formula is C20H26ClNO3S. The van der Waals surface area contributed by atoms with Gasteiger partial charge in [-0.1, -0.05) is 31.0 Å². The van der Waals surface area contributed by atoms with Gasteiger partial charge in [-0.15, -0.1) is 23.7 Å². The van der Waals surface area contributed by atoms with Crippen molar-refractivity contribution < 1.29 is 14.6 Å². The van der Waals surface area contributed by atoms with Gasteiger partial charge in [-0.05, 0) is 29.9 Å². The van der Waals surface area contributed by atoms with Crippen molar-refractivity contribution in [1.82, 2.24) is 4.90 Å². The highest BCUT2D eigenvalue weighted by Gasteiger charge is 2.34. The Balaban J connectivity index is 0.00000196. The van der Waals surface area contributed by atoms with Crippen LogP contribution in [0, 0.1) is 0 Å². The van der Waals surface area contributed by atoms with Crippen LogP contribution < -0.4 is 0 Å². The van der Waals surface area contributed by atoms with E-state index < -0.39 is 5.97 Å². The van der Waals surface area contributed by atoms with E-state index in [1.807, 2.05) is 23.5 Å². The van der Waals surface area contributed by atoms with Gasteiger partial charge in [0.25, 0.3) is 0 Å². The molecule has 1 aromatic carbocycles. The summed E-state index contributed by atoms with van der Waals surface area (Å²) in [5, 5.41) is 10.6. The highest BCUT2D eigenvalue weighted by molar-refractivity contribution is 7.19. The minimum absolute atomic E-state index is 0. The molecule has 2 aromatic rings. The van der Waals surface area contributed by atoms with E-state index in [4.69, 9.17) is 4.74 Å². The average molecular weight is 396 g/mol. The largest absolute Gasteiger partial charge is 0.481 e. The number of rotatable bonds is 4. The molecule has 0 radical (unpaired) electrons. The zero-order valence-corrected chi connectivity index (χ0v) is 16.5. The van der Waals surface area contributed by atoms with Crippen molar-refractivity contribution in [3.63, 3.8) is 0 Å². The van der Waals surface area contributed by atoms with E-state index in [0.29, 0.717) is 12.0 Å². The quantitative estimate of drug-likeness (QED) is 0.838. The van der Waals surface area contributed by atoms with Crippen LogP contribution in [0.4, 0.5) is 0 Å². The SMILES string of the molecule is Cl.O=C(O)Cc1c([C@@H]2CCCC[C@H]2N2CCOCC2)sc2ccccc12. The van der Waals surface area contributed by atoms with E-state index >= 15 is 0 Å². The molecule has 1 saturated heterocycles. The molecule has 1 aliphatic carbocycles. The second-order valence-corrected chi connectivity index (χ2v) is 8.20. The van der Waals surface area contributed by atoms with E-state index in [9.17, 15) is 9.90 Å². The normalized spacial score (nSPS) is 24.3. The molecule has 1 saturated carbocycles. The first-order chi connectivity index (χ1) is 12.2. The van der Waals surface area contributed by atoms with E-state index in [0.717, 1.165) is 37.3 Å². The molecule has 1 N–H and O–H groups in total. The van der Waals surface area contributed by atoms with Crippen molar-refractivity contribution >= 4 is 39.8 Å². The van der Waals surface area contributed by atoms with Gasteiger partial charge in [0.05, 0.1) is 19.6 Å². The highest BCUT2D eigenvalue weighted by Crippen LogP contribution is 2.44. The molecule has 0 spiro atoms. The fourth-order valence-electron chi connectivity index (χ4n) is 4.51. The summed E-state index contributed by atoms with van der Waals surface area (Å²) in [6, 6.07) is 8.80. The Morgan fingerprint density at radius 3 is 2.69 bits per heavy atom. The Morgan fingerprint density at radius 1 is 1.19 bits per heavy atom. The third kappa shape index (κ3) is 3.91. The number of carbonyl (C=O) groups is 1. The molecule has 4 nitrogen and oxygen atoms in total. The second kappa shape index (κ2) is 8.70. The highest BCUT2D eigenvalue weighted by atomic mass is 35.5. The average Bonchev–Trinajstić information content (AvgIpc) is 3.00. The standard InChI is InChI=1S/C20H25NO3S.ClH/c22-19(23)13-16-14-5-2-4-8-18(14)25-20(16)15-6-1-3-7-17(15)21-9-11-24-12-10-21;/h2,4-5,8,15,17H,1,3,6-7,9-13H2,(H,22,23);1H/t15-,17-;/m1./s1. The van der Waals surface area contributed by atoms with Crippen molar-refractivity contribution in [3.05, 3.63) is 34.7 Å². The maximum Gasteiger partial charge on any atom is 0.307 e. The third-order valence-corrected chi connectivity index (χ3v) is 6.98. The number of carboxylic acid groups (broad SMARTS) is 1. The van der Waals surface area contributed by atoms with Gasteiger partial charge in [-0.2, -0.15) is 0 Å². The summed E-state index contributed by atoms with van der Waals surface area (Å²) in [7, 11) is 0. The second-order valence-electron chi connectivity index (χ2n) is 7.12. The lowest BCUT2D eigenvalue weighted by molar-refractivity contribution is -0.136. The van der Waals surface area contributed by atoms with Gasteiger partial charge in [0, 0.05) is 34.6 Å². The van der Waals surface area contributed by atoms with Crippen LogP contribution >= 0.6 is 23.7 Å². The van der Waals surface area contributed by atoms with Crippen molar-refractivity contribution in [3.8, 4) is 0 Å². The van der Waals surface area contributed by atoms with Crippen LogP contribution in [0.5, 0.6) is 0 Å². The van der Waals surface area contributed by atoms with Crippen LogP contribution in [0.25, 0.3) is 10.1 Å². The van der Waals surface area contributed by atoms with E-state index in [1.165, 1.54) is 35.3 Å². The zero-order chi connectivity index (χ0) is 17.2. The van der Waals surface area contributed by atoms with Gasteiger partial charge in [0.15, 0.2) is 0 Å². The van der Waals surface area contributed by atoms with Crippen LogP contribution in [0.1, 0.15) is 42.0 Å². The lowest BCUT2D eigenvalue weighted by Crippen LogP contribution is -2.47. The number of ether oxygens (including phenoxy) is 1. The molecule has 26 heavy (non-hydrogen) atoms. The molecule has 1 aromatic heterocycles. The van der Waals surface area contributed by atoms with Gasteiger partial charge in [0.1, 0.15) is 0 Å². The number of carboxylic acids is 1. The van der Waals surface area contributed by atoms with Crippen LogP contribution in [0.15, 0.2) is 24.3 Å². The predicted octanol–water partition coefficient (Wildman–Crippen LogP) is 4.31. The summed E-state index contributed by atoms with van der Waals surface area (Å²) in [4.78, 5) is 15.4. The van der Waals surface area contributed by atoms with E-state index in [-0.39, 0.29) is 18.8 Å². The Hall–Kier alpha value is -1.14. The lowest BCUT2D eigenvalue weighted by Gasteiger charge is -2.41. The van der Waals surface area contributed by atoms with Gasteiger partial charge < -0.3 is 9.84 Å². The summed E-state index contributed by atoms with van der Waals surface area (Å²) in [6.07, 6.45) is 5.03. The number of hydrogen-bond acceptors (Lipinski definition) is 4. The topological polar surface area (TPSA) is 49.8 Å². The molecule has 0 unspecified atom stereocenters. The molecule has 6 heteroatoms. The van der Waals surface area contributed by atoms with Gasteiger partial charge in [0.2, 0.25) is 0 Å². The van der Waals surface area contributed by atoms with Crippen LogP contribution in [-0.4, -0.2) is 48.3 Å². The van der Waals surface area contributed by atoms with Crippen molar-refractivity contribution in [1.29, 1.82) is 0 Å². The maximum absolute atomic E-state index is 11.5. The molecule has 0 bridgehead atoms. The van der Waals surface area contributed by atoms with E-state index in [1.54, 1.807) is 0 Å². The summed E-state index contributed by atoms with van der Waals surface area (Å²) < 4.78 is 6.76. The van der Waals surface area contributed by atoms with Crippen molar-refractivity contribution in [2.45, 2.75) is 44.1 Å². The fraction of sp³-hybridized carbons (Fsp3) is 0.550. The number of morpholine rings is 1. The monoisotopic (exact) mass is 395 g/mol. The Morgan fingerprint density at radius 2 is 1.92 bits per heavy atom. The fourth-order valence-corrected chi connectivity index (χ4v) is 5.93. The number of aliphatic carboxylic acids is 1. The maximum atomic E-state index is 11.5. The number of fused-ring (bicyclic) bond motifs is 1. The molecule has 4 rings (SSSR count). The third-order valence-electron chi connectivity index (χ3n) is 5.64. The molecule has 1 aliphatic heterocycles. The van der Waals surface area contributed by atoms with Crippen LogP contribution in [-0.2, 0) is 16.0 Å². The van der Waals surface area contributed by atoms with Crippen LogP contribution in [0.2, 0.25) is 0 Å². The molecule has 142 valence electrons. The Kier molecular flexibility index (Phi) is 6.56. The van der Waals surface area contributed by atoms with Crippen LogP contribution in [0.3, 0.4) is 0 Å². The summed E-state index contributed by atoms with van der Waals surface area (Å²) in [6.45, 7) is 3.63. The number of halogens is 1. The lowest BCUT2D eigenvalue weighted by atomic mass is 9.80. The van der Waals surface area contributed by atoms with Gasteiger partial charge in [-0.25, -0.2) is 0 Å². The summed E-state index contributed by atoms with van der Waals surface area (Å²) in [5.74, 6) is -0.276. The number of hydrogen-bond donors (Lipinski definition) is 1. The number of benzene rings is 1. The van der Waals surface area contributed by atoms with Crippen molar-refractivity contribution in [2.24, 2.45) is 0 Å². The van der Waals surface area contributed by atoms with Gasteiger partial charge >= 0.3 is 5.97 Å². The zero-order valence-electron chi connectivity index (χ0n) is 14.9. The first kappa shape index (κ1) is 19.6. The smallest absolute Gasteiger partial charge is 0.307 e.